The van der Waals surface area contributed by atoms with Crippen molar-refractivity contribution >= 4 is 29.3 Å². The van der Waals surface area contributed by atoms with Gasteiger partial charge in [-0.3, -0.25) is 9.59 Å². The number of likely N-dealkylation sites (tertiary alicyclic amines) is 1. The summed E-state index contributed by atoms with van der Waals surface area (Å²) in [4.78, 5) is 46.7. The fourth-order valence-electron chi connectivity index (χ4n) is 7.39. The number of anilines is 2. The number of carbonyl (C=O) groups is 3. The summed E-state index contributed by atoms with van der Waals surface area (Å²) in [5.41, 5.74) is 5.23. The van der Waals surface area contributed by atoms with Gasteiger partial charge in [0, 0.05) is 51.5 Å². The van der Waals surface area contributed by atoms with Crippen LogP contribution in [0.4, 0.5) is 16.2 Å². The van der Waals surface area contributed by atoms with E-state index in [9.17, 15) is 9.59 Å². The Balaban J connectivity index is 1.22. The minimum absolute atomic E-state index is 0.0207. The van der Waals surface area contributed by atoms with Gasteiger partial charge in [-0.2, -0.15) is 0 Å². The minimum Gasteiger partial charge on any atom is -0.493 e. The highest BCUT2D eigenvalue weighted by atomic mass is 16.6. The molecule has 3 aromatic carbocycles. The SMILES string of the molecule is COCCCN1C(=O)COc2ccc(N(C(=O)[C@H]3CN(C(=O)OC(C)(C)C)CC[C@@H]3c3cccc(-c4ccc5c(c4)CCO5)c3)C3CC3)cc21. The number of benzene rings is 3. The van der Waals surface area contributed by atoms with E-state index in [-0.39, 0.29) is 36.9 Å². The number of methoxy groups -OCH3 is 1. The zero-order chi connectivity index (χ0) is 35.0. The van der Waals surface area contributed by atoms with Crippen LogP contribution in [0.5, 0.6) is 11.5 Å². The van der Waals surface area contributed by atoms with Crippen molar-refractivity contribution in [1.29, 1.82) is 0 Å². The maximum atomic E-state index is 15.0. The first-order valence-electron chi connectivity index (χ1n) is 17.8. The Morgan fingerprint density at radius 2 is 1.76 bits per heavy atom. The van der Waals surface area contributed by atoms with Crippen molar-refractivity contribution in [3.8, 4) is 22.6 Å². The van der Waals surface area contributed by atoms with E-state index >= 15 is 4.79 Å². The molecule has 10 heteroatoms. The van der Waals surface area contributed by atoms with Crippen molar-refractivity contribution in [2.75, 3.05) is 56.4 Å². The van der Waals surface area contributed by atoms with Crippen molar-refractivity contribution in [3.05, 3.63) is 71.8 Å². The molecule has 3 aromatic rings. The predicted molar refractivity (Wildman–Crippen MR) is 191 cm³/mol. The zero-order valence-electron chi connectivity index (χ0n) is 29.5. The van der Waals surface area contributed by atoms with Crippen molar-refractivity contribution in [2.24, 2.45) is 5.92 Å². The molecule has 0 N–H and O–H groups in total. The molecule has 3 heterocycles. The molecule has 4 aliphatic rings. The Bertz CT molecular complexity index is 1760. The molecule has 2 atom stereocenters. The van der Waals surface area contributed by atoms with Gasteiger partial charge >= 0.3 is 6.09 Å². The summed E-state index contributed by atoms with van der Waals surface area (Å²) in [6.45, 7) is 8.01. The highest BCUT2D eigenvalue weighted by molar-refractivity contribution is 6.01. The van der Waals surface area contributed by atoms with Gasteiger partial charge < -0.3 is 33.6 Å². The molecular formula is C40H47N3O7. The normalized spacial score (nSPS) is 20.0. The molecule has 0 radical (unpaired) electrons. The minimum atomic E-state index is -0.652. The first kappa shape index (κ1) is 33.9. The smallest absolute Gasteiger partial charge is 0.410 e. The number of amides is 3. The second-order valence-corrected chi connectivity index (χ2v) is 14.7. The van der Waals surface area contributed by atoms with Gasteiger partial charge in [0.15, 0.2) is 6.61 Å². The number of ether oxygens (including phenoxy) is 4. The van der Waals surface area contributed by atoms with Gasteiger partial charge in [0.25, 0.3) is 5.91 Å². The standard InChI is InChI=1S/C40H47N3O7/c1-40(2,3)50-39(46)41-18-15-32(28-8-5-7-26(21-28)27-9-13-35-29(22-27)16-20-48-35)33(24-41)38(45)43(30-10-11-30)31-12-14-36-34(23-31)42(17-6-19-47-4)37(44)25-49-36/h5,7-9,12-14,21-23,30,32-33H,6,10-11,15-20,24-25H2,1-4H3/t32-,33+/m1/s1. The molecule has 1 aliphatic carbocycles. The number of fused-ring (bicyclic) bond motifs is 2. The summed E-state index contributed by atoms with van der Waals surface area (Å²) in [5.74, 6) is 0.795. The summed E-state index contributed by atoms with van der Waals surface area (Å²) in [7, 11) is 1.65. The van der Waals surface area contributed by atoms with Gasteiger partial charge in [0.05, 0.1) is 18.2 Å². The molecule has 2 fully saturated rings. The van der Waals surface area contributed by atoms with Crippen LogP contribution in [0.2, 0.25) is 0 Å². The van der Waals surface area contributed by atoms with Crippen molar-refractivity contribution in [3.63, 3.8) is 0 Å². The third-order valence-corrected chi connectivity index (χ3v) is 9.96. The molecule has 3 aliphatic heterocycles. The fraction of sp³-hybridized carbons (Fsp3) is 0.475. The summed E-state index contributed by atoms with van der Waals surface area (Å²) < 4.78 is 22.6. The monoisotopic (exact) mass is 681 g/mol. The van der Waals surface area contributed by atoms with E-state index in [2.05, 4.69) is 36.4 Å². The third kappa shape index (κ3) is 7.17. The quantitative estimate of drug-likeness (QED) is 0.235. The lowest BCUT2D eigenvalue weighted by Crippen LogP contribution is -2.51. The second-order valence-electron chi connectivity index (χ2n) is 14.7. The van der Waals surface area contributed by atoms with Crippen molar-refractivity contribution in [2.45, 2.75) is 70.4 Å². The van der Waals surface area contributed by atoms with Crippen LogP contribution in [-0.4, -0.2) is 81.0 Å². The van der Waals surface area contributed by atoms with Crippen LogP contribution in [0, 0.1) is 5.92 Å². The highest BCUT2D eigenvalue weighted by Gasteiger charge is 2.44. The predicted octanol–water partition coefficient (Wildman–Crippen LogP) is 6.59. The van der Waals surface area contributed by atoms with Crippen LogP contribution in [0.15, 0.2) is 60.7 Å². The first-order chi connectivity index (χ1) is 24.1. The number of hydrogen-bond acceptors (Lipinski definition) is 7. The summed E-state index contributed by atoms with van der Waals surface area (Å²) in [6, 6.07) is 20.5. The highest BCUT2D eigenvalue weighted by Crippen LogP contribution is 2.43. The molecule has 0 unspecified atom stereocenters. The van der Waals surface area contributed by atoms with Gasteiger partial charge in [-0.25, -0.2) is 4.79 Å². The number of piperidine rings is 1. The average Bonchev–Trinajstić information content (AvgIpc) is 3.82. The Labute approximate surface area is 294 Å². The Kier molecular flexibility index (Phi) is 9.48. The molecule has 1 saturated heterocycles. The average molecular weight is 682 g/mol. The molecule has 0 aromatic heterocycles. The van der Waals surface area contributed by atoms with E-state index in [1.807, 2.05) is 49.9 Å². The largest absolute Gasteiger partial charge is 0.493 e. The van der Waals surface area contributed by atoms with E-state index in [4.69, 9.17) is 18.9 Å². The third-order valence-electron chi connectivity index (χ3n) is 9.96. The molecule has 0 spiro atoms. The maximum Gasteiger partial charge on any atom is 0.410 e. The lowest BCUT2D eigenvalue weighted by atomic mass is 9.78. The molecular weight excluding hydrogens is 634 g/mol. The summed E-state index contributed by atoms with van der Waals surface area (Å²) in [6.07, 6.45) is 3.57. The van der Waals surface area contributed by atoms with Gasteiger partial charge in [-0.1, -0.05) is 30.3 Å². The van der Waals surface area contributed by atoms with Crippen LogP contribution < -0.4 is 19.3 Å². The molecule has 1 saturated carbocycles. The molecule has 0 bridgehead atoms. The van der Waals surface area contributed by atoms with Gasteiger partial charge in [0.1, 0.15) is 17.1 Å². The van der Waals surface area contributed by atoms with Crippen molar-refractivity contribution < 1.29 is 33.3 Å². The Hall–Kier alpha value is -4.57. The summed E-state index contributed by atoms with van der Waals surface area (Å²) >= 11 is 0. The Morgan fingerprint density at radius 1 is 0.960 bits per heavy atom. The zero-order valence-corrected chi connectivity index (χ0v) is 29.5. The molecule has 3 amide bonds. The van der Waals surface area contributed by atoms with E-state index in [1.165, 1.54) is 5.56 Å². The van der Waals surface area contributed by atoms with E-state index < -0.39 is 17.6 Å². The lowest BCUT2D eigenvalue weighted by Gasteiger charge is -2.41. The number of carbonyl (C=O) groups excluding carboxylic acids is 3. The van der Waals surface area contributed by atoms with Crippen LogP contribution in [0.25, 0.3) is 11.1 Å². The Morgan fingerprint density at radius 3 is 2.54 bits per heavy atom. The van der Waals surface area contributed by atoms with E-state index in [0.29, 0.717) is 50.6 Å². The van der Waals surface area contributed by atoms with Gasteiger partial charge in [0.2, 0.25) is 5.91 Å². The van der Waals surface area contributed by atoms with E-state index in [1.54, 1.807) is 16.9 Å². The number of hydrogen-bond donors (Lipinski definition) is 0. The summed E-state index contributed by atoms with van der Waals surface area (Å²) in [5, 5.41) is 0. The fourth-order valence-corrected chi connectivity index (χ4v) is 7.39. The van der Waals surface area contributed by atoms with E-state index in [0.717, 1.165) is 47.4 Å². The van der Waals surface area contributed by atoms with Crippen LogP contribution in [0.1, 0.15) is 63.5 Å². The topological polar surface area (TPSA) is 97.9 Å². The molecule has 10 nitrogen and oxygen atoms in total. The second kappa shape index (κ2) is 14.0. The van der Waals surface area contributed by atoms with Crippen LogP contribution >= 0.6 is 0 Å². The molecule has 264 valence electrons. The molecule has 7 rings (SSSR count). The van der Waals surface area contributed by atoms with Crippen LogP contribution in [-0.2, 0) is 25.5 Å². The molecule has 50 heavy (non-hydrogen) atoms. The maximum absolute atomic E-state index is 15.0. The van der Waals surface area contributed by atoms with Crippen molar-refractivity contribution in [1.82, 2.24) is 4.90 Å². The number of rotatable bonds is 9. The first-order valence-corrected chi connectivity index (χ1v) is 17.8. The van der Waals surface area contributed by atoms with Gasteiger partial charge in [-0.15, -0.1) is 0 Å². The van der Waals surface area contributed by atoms with Gasteiger partial charge in [-0.05, 0) is 105 Å². The van der Waals surface area contributed by atoms with Crippen LogP contribution in [0.3, 0.4) is 0 Å². The number of nitrogens with zero attached hydrogens (tertiary/aromatic N) is 3. The lowest BCUT2D eigenvalue weighted by molar-refractivity contribution is -0.124.